The van der Waals surface area contributed by atoms with Crippen LogP contribution in [-0.2, 0) is 6.54 Å². The lowest BCUT2D eigenvalue weighted by atomic mass is 9.96. The molecule has 5 N–H and O–H groups in total. The topological polar surface area (TPSA) is 111 Å². The van der Waals surface area contributed by atoms with Crippen LogP contribution in [0.15, 0.2) is 103 Å². The minimum absolute atomic E-state index is 0.603. The number of nitrogens with zero attached hydrogens (tertiary/aromatic N) is 4. The molecule has 0 amide bonds. The van der Waals surface area contributed by atoms with E-state index in [0.29, 0.717) is 17.3 Å². The molecule has 0 fully saturated rings. The molecule has 0 spiro atoms. The van der Waals surface area contributed by atoms with E-state index in [1.807, 2.05) is 54.7 Å². The van der Waals surface area contributed by atoms with Crippen molar-refractivity contribution in [2.45, 2.75) is 6.54 Å². The standard InChI is InChI=1S/C31H23N7/c32-18-19-9-11-21(12-10-19)28-24(20-5-2-1-3-6-20)17-25-27(35-28)14-16-34-29(25)31-36-30(37-38-31)23-7-4-8-26-22(23)13-15-33-26/h1-17,33H,18,32H2,(H,36,37,38)/p+1. The van der Waals surface area contributed by atoms with Crippen LogP contribution in [0.25, 0.3) is 67.1 Å². The Labute approximate surface area is 218 Å². The molecule has 0 radical (unpaired) electrons. The van der Waals surface area contributed by atoms with Gasteiger partial charge in [-0.2, -0.15) is 5.10 Å². The Morgan fingerprint density at radius 3 is 2.42 bits per heavy atom. The van der Waals surface area contributed by atoms with Gasteiger partial charge in [0.15, 0.2) is 11.6 Å². The third kappa shape index (κ3) is 3.73. The molecule has 4 aromatic heterocycles. The molecule has 182 valence electrons. The minimum atomic E-state index is 0.603. The number of rotatable bonds is 5. The lowest BCUT2D eigenvalue weighted by molar-refractivity contribution is -0.386. The van der Waals surface area contributed by atoms with Crippen LogP contribution in [0.4, 0.5) is 0 Å². The third-order valence-corrected chi connectivity index (χ3v) is 6.89. The quantitative estimate of drug-likeness (QED) is 0.288. The Balaban J connectivity index is 1.41. The van der Waals surface area contributed by atoms with Crippen LogP contribution in [0.5, 0.6) is 0 Å². The Bertz CT molecular complexity index is 1900. The van der Waals surface area contributed by atoms with Crippen molar-refractivity contribution in [3.8, 4) is 45.3 Å². The van der Waals surface area contributed by atoms with Crippen LogP contribution in [-0.4, -0.2) is 30.1 Å². The van der Waals surface area contributed by atoms with Crippen LogP contribution in [0.3, 0.4) is 0 Å². The van der Waals surface area contributed by atoms with Gasteiger partial charge in [-0.3, -0.25) is 10.1 Å². The van der Waals surface area contributed by atoms with Gasteiger partial charge >= 0.3 is 0 Å². The normalized spacial score (nSPS) is 11.4. The largest absolute Gasteiger partial charge is 0.361 e. The van der Waals surface area contributed by atoms with Crippen LogP contribution < -0.4 is 5.73 Å². The number of quaternary nitrogens is 1. The Kier molecular flexibility index (Phi) is 5.27. The first-order valence-electron chi connectivity index (χ1n) is 12.5. The number of fused-ring (bicyclic) bond motifs is 2. The lowest BCUT2D eigenvalue weighted by Gasteiger charge is -2.13. The zero-order chi connectivity index (χ0) is 25.5. The van der Waals surface area contributed by atoms with Gasteiger partial charge in [-0.1, -0.05) is 66.7 Å². The second-order valence-corrected chi connectivity index (χ2v) is 9.18. The fourth-order valence-electron chi connectivity index (χ4n) is 4.94. The van der Waals surface area contributed by atoms with Crippen LogP contribution in [0.1, 0.15) is 5.56 Å². The molecule has 0 bridgehead atoms. The highest BCUT2D eigenvalue weighted by molar-refractivity contribution is 5.98. The van der Waals surface area contributed by atoms with Crippen LogP contribution >= 0.6 is 0 Å². The predicted molar refractivity (Wildman–Crippen MR) is 150 cm³/mol. The third-order valence-electron chi connectivity index (χ3n) is 6.89. The van der Waals surface area contributed by atoms with Crippen molar-refractivity contribution in [2.24, 2.45) is 0 Å². The van der Waals surface area contributed by atoms with Crippen molar-refractivity contribution in [1.82, 2.24) is 30.1 Å². The smallest absolute Gasteiger partial charge is 0.182 e. The van der Waals surface area contributed by atoms with Gasteiger partial charge in [0, 0.05) is 50.9 Å². The first kappa shape index (κ1) is 22.1. The van der Waals surface area contributed by atoms with E-state index >= 15 is 0 Å². The van der Waals surface area contributed by atoms with E-state index in [0.717, 1.165) is 56.3 Å². The maximum atomic E-state index is 5.14. The summed E-state index contributed by atoms with van der Waals surface area (Å²) in [6.07, 6.45) is 3.70. The number of nitrogens with one attached hydrogen (secondary N) is 2. The number of hydrogen-bond acceptors (Lipinski definition) is 4. The summed E-state index contributed by atoms with van der Waals surface area (Å²) in [4.78, 5) is 18.0. The first-order chi connectivity index (χ1) is 18.8. The molecule has 7 rings (SSSR count). The second-order valence-electron chi connectivity index (χ2n) is 9.18. The van der Waals surface area contributed by atoms with Crippen molar-refractivity contribution in [2.75, 3.05) is 0 Å². The fraction of sp³-hybridized carbons (Fsp3) is 0.0323. The number of pyridine rings is 2. The van der Waals surface area contributed by atoms with Gasteiger partial charge in [0.05, 0.1) is 17.8 Å². The summed E-state index contributed by atoms with van der Waals surface area (Å²) < 4.78 is 0. The monoisotopic (exact) mass is 494 g/mol. The molecule has 0 saturated heterocycles. The molecule has 0 aliphatic rings. The van der Waals surface area contributed by atoms with E-state index < -0.39 is 0 Å². The number of hydrogen-bond donors (Lipinski definition) is 3. The van der Waals surface area contributed by atoms with Gasteiger partial charge in [-0.15, -0.1) is 0 Å². The Morgan fingerprint density at radius 2 is 1.58 bits per heavy atom. The SMILES string of the molecule is [NH3+]Cc1ccc(-c2nc3ccnc(-c4nc(-c5cccc6[nH]ccc56)n[nH]4)c3cc2-c2ccccc2)cc1. The summed E-state index contributed by atoms with van der Waals surface area (Å²) in [7, 11) is 0. The van der Waals surface area contributed by atoms with Crippen molar-refractivity contribution in [1.29, 1.82) is 0 Å². The molecular formula is C31H24N7+. The van der Waals surface area contributed by atoms with Gasteiger partial charge in [0.25, 0.3) is 0 Å². The fourth-order valence-corrected chi connectivity index (χ4v) is 4.94. The van der Waals surface area contributed by atoms with Crippen molar-refractivity contribution in [3.63, 3.8) is 0 Å². The highest BCUT2D eigenvalue weighted by Crippen LogP contribution is 2.36. The van der Waals surface area contributed by atoms with Gasteiger partial charge < -0.3 is 10.7 Å². The van der Waals surface area contributed by atoms with Crippen molar-refractivity contribution < 1.29 is 5.73 Å². The first-order valence-corrected chi connectivity index (χ1v) is 12.5. The highest BCUT2D eigenvalue weighted by Gasteiger charge is 2.18. The summed E-state index contributed by atoms with van der Waals surface area (Å²) in [6.45, 7) is 0.754. The van der Waals surface area contributed by atoms with Gasteiger partial charge in [-0.25, -0.2) is 9.97 Å². The maximum Gasteiger partial charge on any atom is 0.182 e. The summed E-state index contributed by atoms with van der Waals surface area (Å²) in [6, 6.07) is 31.0. The molecule has 0 saturated carbocycles. The number of benzene rings is 3. The number of H-pyrrole nitrogens is 2. The van der Waals surface area contributed by atoms with E-state index in [2.05, 4.69) is 63.4 Å². The molecular weight excluding hydrogens is 470 g/mol. The lowest BCUT2D eigenvalue weighted by Crippen LogP contribution is -2.47. The van der Waals surface area contributed by atoms with Gasteiger partial charge in [0.2, 0.25) is 0 Å². The van der Waals surface area contributed by atoms with E-state index in [1.165, 1.54) is 5.56 Å². The van der Waals surface area contributed by atoms with E-state index in [-0.39, 0.29) is 0 Å². The molecule has 3 aromatic carbocycles. The Morgan fingerprint density at radius 1 is 0.711 bits per heavy atom. The zero-order valence-electron chi connectivity index (χ0n) is 20.5. The molecule has 0 aliphatic carbocycles. The summed E-state index contributed by atoms with van der Waals surface area (Å²) in [5.74, 6) is 1.23. The summed E-state index contributed by atoms with van der Waals surface area (Å²) in [5, 5.41) is 9.65. The zero-order valence-corrected chi connectivity index (χ0v) is 20.5. The highest BCUT2D eigenvalue weighted by atomic mass is 15.2. The van der Waals surface area contributed by atoms with Crippen LogP contribution in [0, 0.1) is 0 Å². The molecule has 4 heterocycles. The molecule has 0 aliphatic heterocycles. The minimum Gasteiger partial charge on any atom is -0.361 e. The molecule has 0 unspecified atom stereocenters. The summed E-state index contributed by atoms with van der Waals surface area (Å²) in [5.41, 5.74) is 12.9. The average molecular weight is 495 g/mol. The van der Waals surface area contributed by atoms with Crippen LogP contribution in [0.2, 0.25) is 0 Å². The van der Waals surface area contributed by atoms with E-state index in [4.69, 9.17) is 15.0 Å². The van der Waals surface area contributed by atoms with Gasteiger partial charge in [-0.05, 0) is 29.8 Å². The molecule has 38 heavy (non-hydrogen) atoms. The summed E-state index contributed by atoms with van der Waals surface area (Å²) >= 11 is 0. The maximum absolute atomic E-state index is 5.14. The predicted octanol–water partition coefficient (Wildman–Crippen LogP) is 5.64. The molecule has 7 nitrogen and oxygen atoms in total. The number of aromatic nitrogens is 6. The number of aromatic amines is 2. The molecule has 7 aromatic rings. The average Bonchev–Trinajstić information content (AvgIpc) is 3.67. The van der Waals surface area contributed by atoms with E-state index in [1.54, 1.807) is 6.20 Å². The van der Waals surface area contributed by atoms with Crippen molar-refractivity contribution in [3.05, 3.63) is 109 Å². The molecule has 0 atom stereocenters. The van der Waals surface area contributed by atoms with Crippen molar-refractivity contribution >= 4 is 21.8 Å². The molecule has 7 heteroatoms. The Hall–Kier alpha value is -5.14. The van der Waals surface area contributed by atoms with E-state index in [9.17, 15) is 0 Å². The van der Waals surface area contributed by atoms with Gasteiger partial charge in [0.1, 0.15) is 5.69 Å². The second kappa shape index (κ2) is 9.06.